The summed E-state index contributed by atoms with van der Waals surface area (Å²) in [6.45, 7) is 0. The van der Waals surface area contributed by atoms with E-state index in [4.69, 9.17) is 10.5 Å². The second-order valence-electron chi connectivity index (χ2n) is 6.05. The molecule has 2 amide bonds. The number of fused-ring (bicyclic) bond motifs is 3. The zero-order valence-corrected chi connectivity index (χ0v) is 15.8. The first-order valence-corrected chi connectivity index (χ1v) is 9.69. The Kier molecular flexibility index (Phi) is 4.19. The average Bonchev–Trinajstić information content (AvgIpc) is 3.27. The molecule has 3 aliphatic rings. The Bertz CT molecular complexity index is 933. The number of ether oxygens (including phenoxy) is 1. The van der Waals surface area contributed by atoms with E-state index in [1.54, 1.807) is 0 Å². The van der Waals surface area contributed by atoms with Crippen molar-refractivity contribution in [1.29, 1.82) is 0 Å². The molecule has 14 heteroatoms. The van der Waals surface area contributed by atoms with Crippen LogP contribution in [0.2, 0.25) is 0 Å². The maximum Gasteiger partial charge on any atom is 0.371 e. The van der Waals surface area contributed by atoms with Gasteiger partial charge in [0.25, 0.3) is 17.5 Å². The number of nitrogens with one attached hydrogen (secondary N) is 1. The van der Waals surface area contributed by atoms with Crippen molar-refractivity contribution in [3.8, 4) is 0 Å². The number of aliphatic carboxylic acids is 1. The van der Waals surface area contributed by atoms with Gasteiger partial charge >= 0.3 is 11.9 Å². The summed E-state index contributed by atoms with van der Waals surface area (Å²) in [7, 11) is 1.25. The molecule has 3 fully saturated rings. The fourth-order valence-electron chi connectivity index (χ4n) is 3.36. The monoisotopic (exact) mass is 427 g/mol. The van der Waals surface area contributed by atoms with Crippen LogP contribution < -0.4 is 11.1 Å². The molecule has 4 atom stereocenters. The molecule has 12 nitrogen and oxygen atoms in total. The van der Waals surface area contributed by atoms with E-state index in [9.17, 15) is 24.3 Å². The van der Waals surface area contributed by atoms with Gasteiger partial charge in [-0.15, -0.1) is 23.1 Å². The van der Waals surface area contributed by atoms with Gasteiger partial charge in [-0.25, -0.2) is 9.78 Å². The fourth-order valence-corrected chi connectivity index (χ4v) is 5.65. The van der Waals surface area contributed by atoms with E-state index in [0.29, 0.717) is 0 Å². The topological polar surface area (TPSA) is 174 Å². The van der Waals surface area contributed by atoms with Crippen LogP contribution in [0.5, 0.6) is 0 Å². The van der Waals surface area contributed by atoms with Gasteiger partial charge in [0.05, 0.1) is 11.7 Å². The molecule has 1 aromatic heterocycles. The van der Waals surface area contributed by atoms with E-state index in [2.05, 4.69) is 20.3 Å². The standard InChI is InChI=1S/C14H13N5O7S2/c1-25-18-7(4-3-27-13(15)16-4)9(21)17-8-10(22)19-11(8)28-5-2-6(20)26-14(5,19)12(23)24/h3,5,8,11H,2H2,1H3,(H2,15,16)(H,17,21)(H,23,24)/b18-7-/t5-,8+,11+,14-/m0/s1. The molecule has 0 spiro atoms. The number of thiazole rings is 1. The molecular weight excluding hydrogens is 414 g/mol. The predicted octanol–water partition coefficient (Wildman–Crippen LogP) is -1.43. The number of carbonyl (C=O) groups is 4. The first-order chi connectivity index (χ1) is 13.3. The summed E-state index contributed by atoms with van der Waals surface area (Å²) in [4.78, 5) is 58.2. The van der Waals surface area contributed by atoms with Crippen LogP contribution in [0.15, 0.2) is 10.5 Å². The van der Waals surface area contributed by atoms with E-state index in [-0.39, 0.29) is 23.0 Å². The summed E-state index contributed by atoms with van der Waals surface area (Å²) in [6, 6.07) is -1.00. The Balaban J connectivity index is 1.54. The number of rotatable bonds is 5. The van der Waals surface area contributed by atoms with Gasteiger partial charge in [-0.05, 0) is 0 Å². The van der Waals surface area contributed by atoms with Crippen LogP contribution >= 0.6 is 23.1 Å². The number of nitrogen functional groups attached to an aromatic ring is 1. The third-order valence-electron chi connectivity index (χ3n) is 4.52. The lowest BCUT2D eigenvalue weighted by atomic mass is 9.98. The zero-order valence-electron chi connectivity index (χ0n) is 14.1. The predicted molar refractivity (Wildman–Crippen MR) is 95.1 cm³/mol. The second-order valence-corrected chi connectivity index (χ2v) is 8.26. The molecule has 3 saturated heterocycles. The Morgan fingerprint density at radius 3 is 2.89 bits per heavy atom. The smallest absolute Gasteiger partial charge is 0.371 e. The molecule has 4 N–H and O–H groups in total. The quantitative estimate of drug-likeness (QED) is 0.219. The van der Waals surface area contributed by atoms with Crippen molar-refractivity contribution in [3.05, 3.63) is 11.1 Å². The SMILES string of the molecule is CO/N=C(\C(=O)N[C@@H]1C(=O)N2[C@@H]1S[C@H]1CC(=O)O[C@]12C(=O)O)c1csc(N)n1. The average molecular weight is 427 g/mol. The van der Waals surface area contributed by atoms with E-state index >= 15 is 0 Å². The minimum atomic E-state index is -2.03. The summed E-state index contributed by atoms with van der Waals surface area (Å²) in [5.41, 5.74) is 3.54. The Morgan fingerprint density at radius 2 is 2.29 bits per heavy atom. The molecule has 3 aliphatic heterocycles. The molecule has 0 saturated carbocycles. The molecule has 0 radical (unpaired) electrons. The van der Waals surface area contributed by atoms with Crippen LogP contribution in [-0.2, 0) is 28.8 Å². The summed E-state index contributed by atoms with van der Waals surface area (Å²) in [5, 5.41) is 16.0. The number of anilines is 1. The number of aromatic nitrogens is 1. The van der Waals surface area contributed by atoms with E-state index in [0.717, 1.165) is 28.0 Å². The number of carboxylic acid groups (broad SMARTS) is 1. The molecule has 0 aromatic carbocycles. The highest BCUT2D eigenvalue weighted by Gasteiger charge is 2.75. The number of esters is 1. The lowest BCUT2D eigenvalue weighted by Crippen LogP contribution is -2.75. The van der Waals surface area contributed by atoms with Crippen molar-refractivity contribution in [1.82, 2.24) is 15.2 Å². The Labute approximate surface area is 165 Å². The molecular formula is C14H13N5O7S2. The number of carbonyl (C=O) groups excluding carboxylic acids is 3. The molecule has 4 rings (SSSR count). The van der Waals surface area contributed by atoms with Crippen LogP contribution in [0.3, 0.4) is 0 Å². The van der Waals surface area contributed by atoms with Gasteiger partial charge in [-0.3, -0.25) is 19.3 Å². The third-order valence-corrected chi connectivity index (χ3v) is 6.77. The van der Waals surface area contributed by atoms with Gasteiger partial charge in [0.2, 0.25) is 0 Å². The molecule has 0 aliphatic carbocycles. The number of thioether (sulfide) groups is 1. The summed E-state index contributed by atoms with van der Waals surface area (Å²) in [6.07, 6.45) is -0.133. The molecule has 1 aromatic rings. The Hall–Kier alpha value is -2.87. The second kappa shape index (κ2) is 6.34. The van der Waals surface area contributed by atoms with Gasteiger partial charge in [0.15, 0.2) is 10.8 Å². The highest BCUT2D eigenvalue weighted by Crippen LogP contribution is 2.55. The minimum Gasteiger partial charge on any atom is -0.477 e. The third kappa shape index (κ3) is 2.44. The Morgan fingerprint density at radius 1 is 1.54 bits per heavy atom. The lowest BCUT2D eigenvalue weighted by molar-refractivity contribution is -0.204. The van der Waals surface area contributed by atoms with Crippen molar-refractivity contribution in [2.24, 2.45) is 5.16 Å². The molecule has 28 heavy (non-hydrogen) atoms. The van der Waals surface area contributed by atoms with Crippen molar-refractivity contribution in [2.75, 3.05) is 12.8 Å². The number of oxime groups is 1. The van der Waals surface area contributed by atoms with Crippen LogP contribution in [0.1, 0.15) is 12.1 Å². The van der Waals surface area contributed by atoms with Gasteiger partial charge in [0.1, 0.15) is 24.2 Å². The van der Waals surface area contributed by atoms with Crippen molar-refractivity contribution in [3.63, 3.8) is 0 Å². The number of carboxylic acids is 1. The molecule has 148 valence electrons. The number of hydrogen-bond acceptors (Lipinski definition) is 11. The molecule has 0 unspecified atom stereocenters. The van der Waals surface area contributed by atoms with Gasteiger partial charge in [-0.2, -0.15) is 0 Å². The van der Waals surface area contributed by atoms with E-state index in [1.165, 1.54) is 12.5 Å². The van der Waals surface area contributed by atoms with E-state index < -0.39 is 46.1 Å². The van der Waals surface area contributed by atoms with E-state index in [1.807, 2.05) is 0 Å². The van der Waals surface area contributed by atoms with Gasteiger partial charge < -0.3 is 25.7 Å². The number of amides is 2. The number of β-lactam (4-membered cyclic amide) rings is 1. The van der Waals surface area contributed by atoms with Gasteiger partial charge in [-0.1, -0.05) is 5.16 Å². The lowest BCUT2D eigenvalue weighted by Gasteiger charge is -2.46. The van der Waals surface area contributed by atoms with Crippen molar-refractivity contribution < 1.29 is 33.9 Å². The highest BCUT2D eigenvalue weighted by molar-refractivity contribution is 8.01. The van der Waals surface area contributed by atoms with Crippen LogP contribution in [0, 0.1) is 0 Å². The maximum absolute atomic E-state index is 12.6. The fraction of sp³-hybridized carbons (Fsp3) is 0.429. The van der Waals surface area contributed by atoms with Gasteiger partial charge in [0, 0.05) is 5.38 Å². The molecule has 0 bridgehead atoms. The van der Waals surface area contributed by atoms with Crippen LogP contribution in [-0.4, -0.2) is 74.0 Å². The normalized spacial score (nSPS) is 31.0. The van der Waals surface area contributed by atoms with Crippen molar-refractivity contribution >= 4 is 57.7 Å². The first kappa shape index (κ1) is 18.5. The van der Waals surface area contributed by atoms with Crippen LogP contribution in [0.25, 0.3) is 0 Å². The number of hydrogen-bond donors (Lipinski definition) is 3. The van der Waals surface area contributed by atoms with Crippen molar-refractivity contribution in [2.45, 2.75) is 28.8 Å². The number of nitrogens with zero attached hydrogens (tertiary/aromatic N) is 3. The largest absolute Gasteiger partial charge is 0.477 e. The highest BCUT2D eigenvalue weighted by atomic mass is 32.2. The maximum atomic E-state index is 12.6. The van der Waals surface area contributed by atoms with Crippen LogP contribution in [0.4, 0.5) is 5.13 Å². The summed E-state index contributed by atoms with van der Waals surface area (Å²) >= 11 is 2.20. The molecule has 4 heterocycles. The number of nitrogens with two attached hydrogens (primary N) is 1. The summed E-state index contributed by atoms with van der Waals surface area (Å²) in [5.74, 6) is -3.51. The minimum absolute atomic E-state index is 0.133. The zero-order chi connectivity index (χ0) is 20.2. The first-order valence-electron chi connectivity index (χ1n) is 7.87. The summed E-state index contributed by atoms with van der Waals surface area (Å²) < 4.78 is 5.02.